The Kier molecular flexibility index (Phi) is 3.27. The zero-order chi connectivity index (χ0) is 14.3. The molecule has 0 spiro atoms. The molecule has 1 aliphatic carbocycles. The highest BCUT2D eigenvalue weighted by Crippen LogP contribution is 2.41. The maximum absolute atomic E-state index is 12.1. The lowest BCUT2D eigenvalue weighted by molar-refractivity contribution is -0.142. The summed E-state index contributed by atoms with van der Waals surface area (Å²) in [6.45, 7) is -0.0387. The van der Waals surface area contributed by atoms with Crippen molar-refractivity contribution in [2.45, 2.75) is 50.2 Å². The fourth-order valence-corrected chi connectivity index (χ4v) is 3.32. The summed E-state index contributed by atoms with van der Waals surface area (Å²) in [6, 6.07) is -0.248. The van der Waals surface area contributed by atoms with E-state index in [1.807, 2.05) is 0 Å². The average molecular weight is 281 g/mol. The van der Waals surface area contributed by atoms with E-state index in [-0.39, 0.29) is 36.6 Å². The van der Waals surface area contributed by atoms with Gasteiger partial charge in [0.25, 0.3) is 0 Å². The van der Waals surface area contributed by atoms with Crippen LogP contribution in [0.1, 0.15) is 32.1 Å². The molecule has 7 heteroatoms. The summed E-state index contributed by atoms with van der Waals surface area (Å²) >= 11 is 0. The molecule has 2 heterocycles. The Morgan fingerprint density at radius 1 is 1.15 bits per heavy atom. The summed E-state index contributed by atoms with van der Waals surface area (Å²) in [5, 5.41) is 14.5. The smallest absolute Gasteiger partial charge is 0.318 e. The van der Waals surface area contributed by atoms with E-state index in [1.54, 1.807) is 4.90 Å². The number of carbonyl (C=O) groups is 3. The number of nitrogens with one attached hydrogen (secondary N) is 2. The van der Waals surface area contributed by atoms with E-state index in [2.05, 4.69) is 10.6 Å². The second-order valence-corrected chi connectivity index (χ2v) is 5.89. The van der Waals surface area contributed by atoms with Crippen LogP contribution in [0.5, 0.6) is 0 Å². The Balaban J connectivity index is 1.52. The summed E-state index contributed by atoms with van der Waals surface area (Å²) in [6.07, 6.45) is 4.15. The number of nitrogens with zero attached hydrogens (tertiary/aromatic N) is 1. The molecule has 3 atom stereocenters. The Morgan fingerprint density at radius 2 is 1.90 bits per heavy atom. The van der Waals surface area contributed by atoms with Gasteiger partial charge in [0.2, 0.25) is 5.91 Å². The van der Waals surface area contributed by atoms with Crippen molar-refractivity contribution in [1.82, 2.24) is 15.5 Å². The van der Waals surface area contributed by atoms with Gasteiger partial charge in [-0.3, -0.25) is 9.59 Å². The summed E-state index contributed by atoms with van der Waals surface area (Å²) in [7, 11) is 0. The lowest BCUT2D eigenvalue weighted by Gasteiger charge is -2.23. The molecule has 3 amide bonds. The number of carboxylic acids is 1. The minimum atomic E-state index is -0.832. The lowest BCUT2D eigenvalue weighted by atomic mass is 9.89. The average Bonchev–Trinajstić information content (AvgIpc) is 3.02. The monoisotopic (exact) mass is 281 g/mol. The molecule has 0 aromatic rings. The van der Waals surface area contributed by atoms with Crippen molar-refractivity contribution in [3.05, 3.63) is 0 Å². The van der Waals surface area contributed by atoms with E-state index in [0.29, 0.717) is 6.42 Å². The Bertz CT molecular complexity index is 449. The molecule has 0 aromatic carbocycles. The summed E-state index contributed by atoms with van der Waals surface area (Å²) in [5.41, 5.74) is 0. The number of amides is 3. The predicted octanol–water partition coefficient (Wildman–Crippen LogP) is -0.0879. The van der Waals surface area contributed by atoms with Crippen LogP contribution in [0.25, 0.3) is 0 Å². The fourth-order valence-electron chi connectivity index (χ4n) is 3.32. The van der Waals surface area contributed by atoms with Crippen LogP contribution in [0.4, 0.5) is 4.79 Å². The van der Waals surface area contributed by atoms with E-state index in [9.17, 15) is 14.4 Å². The number of carboxylic acid groups (broad SMARTS) is 1. The van der Waals surface area contributed by atoms with E-state index in [4.69, 9.17) is 5.11 Å². The SMILES string of the molecule is O=C(CNC(=O)N1C2CCC1C(C(=O)O)C2)NC1CC1. The third-order valence-corrected chi connectivity index (χ3v) is 4.43. The highest BCUT2D eigenvalue weighted by atomic mass is 16.4. The zero-order valence-electron chi connectivity index (χ0n) is 11.2. The van der Waals surface area contributed by atoms with Crippen molar-refractivity contribution in [3.8, 4) is 0 Å². The van der Waals surface area contributed by atoms with Gasteiger partial charge in [0, 0.05) is 18.1 Å². The van der Waals surface area contributed by atoms with Crippen LogP contribution in [0.15, 0.2) is 0 Å². The summed E-state index contributed by atoms with van der Waals surface area (Å²) in [4.78, 5) is 36.4. The number of rotatable bonds is 4. The van der Waals surface area contributed by atoms with E-state index < -0.39 is 11.9 Å². The first-order chi connectivity index (χ1) is 9.56. The molecule has 0 aromatic heterocycles. The highest BCUT2D eigenvalue weighted by Gasteiger charge is 2.51. The Hall–Kier alpha value is -1.79. The fraction of sp³-hybridized carbons (Fsp3) is 0.769. The Morgan fingerprint density at radius 3 is 2.50 bits per heavy atom. The number of urea groups is 1. The van der Waals surface area contributed by atoms with Gasteiger partial charge >= 0.3 is 12.0 Å². The summed E-state index contributed by atoms with van der Waals surface area (Å²) in [5.74, 6) is -1.47. The largest absolute Gasteiger partial charge is 0.481 e. The molecular formula is C13H19N3O4. The molecule has 2 bridgehead atoms. The molecule has 20 heavy (non-hydrogen) atoms. The van der Waals surface area contributed by atoms with Gasteiger partial charge in [-0.15, -0.1) is 0 Å². The molecular weight excluding hydrogens is 262 g/mol. The highest BCUT2D eigenvalue weighted by molar-refractivity contribution is 5.85. The molecule has 3 N–H and O–H groups in total. The number of fused-ring (bicyclic) bond motifs is 2. The van der Waals surface area contributed by atoms with Crippen molar-refractivity contribution in [3.63, 3.8) is 0 Å². The number of carbonyl (C=O) groups excluding carboxylic acids is 2. The minimum absolute atomic E-state index is 0.00703. The molecule has 0 radical (unpaired) electrons. The van der Waals surface area contributed by atoms with E-state index >= 15 is 0 Å². The molecule has 3 aliphatic rings. The zero-order valence-corrected chi connectivity index (χ0v) is 11.2. The lowest BCUT2D eigenvalue weighted by Crippen LogP contribution is -2.47. The maximum atomic E-state index is 12.1. The van der Waals surface area contributed by atoms with E-state index in [1.165, 1.54) is 0 Å². The topological polar surface area (TPSA) is 98.7 Å². The standard InChI is InChI=1S/C13H19N3O4/c17-11(15-7-1-2-7)6-14-13(20)16-8-3-4-10(16)9(5-8)12(18)19/h7-10H,1-6H2,(H,14,20)(H,15,17)(H,18,19). The van der Waals surface area contributed by atoms with Crippen LogP contribution in [-0.2, 0) is 9.59 Å². The predicted molar refractivity (Wildman–Crippen MR) is 69.0 cm³/mol. The van der Waals surface area contributed by atoms with Gasteiger partial charge in [-0.1, -0.05) is 0 Å². The Labute approximate surface area is 116 Å². The van der Waals surface area contributed by atoms with Gasteiger partial charge < -0.3 is 20.6 Å². The molecule has 2 saturated heterocycles. The van der Waals surface area contributed by atoms with Gasteiger partial charge in [-0.25, -0.2) is 4.79 Å². The van der Waals surface area contributed by atoms with Crippen molar-refractivity contribution >= 4 is 17.9 Å². The first-order valence-corrected chi connectivity index (χ1v) is 7.14. The number of hydrogen-bond acceptors (Lipinski definition) is 3. The van der Waals surface area contributed by atoms with Crippen molar-refractivity contribution in [1.29, 1.82) is 0 Å². The maximum Gasteiger partial charge on any atom is 0.318 e. The van der Waals surface area contributed by atoms with Crippen molar-refractivity contribution in [2.75, 3.05) is 6.54 Å². The first kappa shape index (κ1) is 13.2. The molecule has 3 rings (SSSR count). The first-order valence-electron chi connectivity index (χ1n) is 7.14. The van der Waals surface area contributed by atoms with Gasteiger partial charge in [0.1, 0.15) is 0 Å². The summed E-state index contributed by atoms with van der Waals surface area (Å²) < 4.78 is 0. The van der Waals surface area contributed by atoms with Gasteiger partial charge in [-0.05, 0) is 32.1 Å². The third kappa shape index (κ3) is 2.44. The van der Waals surface area contributed by atoms with Crippen LogP contribution in [0.2, 0.25) is 0 Å². The molecule has 2 aliphatic heterocycles. The normalized spacial score (nSPS) is 31.2. The molecule has 7 nitrogen and oxygen atoms in total. The van der Waals surface area contributed by atoms with Crippen LogP contribution in [0, 0.1) is 5.92 Å². The second kappa shape index (κ2) is 4.96. The molecule has 1 saturated carbocycles. The van der Waals surface area contributed by atoms with Crippen LogP contribution >= 0.6 is 0 Å². The molecule has 3 unspecified atom stereocenters. The molecule has 3 fully saturated rings. The van der Waals surface area contributed by atoms with Gasteiger partial charge in [0.15, 0.2) is 0 Å². The molecule has 110 valence electrons. The van der Waals surface area contributed by atoms with E-state index in [0.717, 1.165) is 25.7 Å². The van der Waals surface area contributed by atoms with Crippen LogP contribution in [-0.4, -0.2) is 52.6 Å². The minimum Gasteiger partial charge on any atom is -0.481 e. The van der Waals surface area contributed by atoms with Crippen LogP contribution in [0.3, 0.4) is 0 Å². The number of aliphatic carboxylic acids is 1. The van der Waals surface area contributed by atoms with Gasteiger partial charge in [0.05, 0.1) is 12.5 Å². The number of hydrogen-bond donors (Lipinski definition) is 3. The quantitative estimate of drug-likeness (QED) is 0.670. The van der Waals surface area contributed by atoms with Crippen molar-refractivity contribution in [2.24, 2.45) is 5.92 Å². The second-order valence-electron chi connectivity index (χ2n) is 5.89. The van der Waals surface area contributed by atoms with Crippen LogP contribution < -0.4 is 10.6 Å². The third-order valence-electron chi connectivity index (χ3n) is 4.43. The van der Waals surface area contributed by atoms with Gasteiger partial charge in [-0.2, -0.15) is 0 Å². The van der Waals surface area contributed by atoms with Crippen molar-refractivity contribution < 1.29 is 19.5 Å².